The molecule has 0 unspecified atom stereocenters. The minimum atomic E-state index is -0.638. The molecule has 22 heavy (non-hydrogen) atoms. The average molecular weight is 309 g/mol. The van der Waals surface area contributed by atoms with Gasteiger partial charge in [-0.15, -0.1) is 0 Å². The Labute approximate surface area is 134 Å². The second-order valence-corrected chi connectivity index (χ2v) is 7.90. The van der Waals surface area contributed by atoms with Crippen molar-refractivity contribution in [1.29, 1.82) is 0 Å². The van der Waals surface area contributed by atoms with E-state index < -0.39 is 17.5 Å². The predicted octanol–water partition coefficient (Wildman–Crippen LogP) is 4.66. The van der Waals surface area contributed by atoms with Crippen molar-refractivity contribution in [3.63, 3.8) is 0 Å². The highest BCUT2D eigenvalue weighted by atomic mass is 16.6. The molecule has 4 nitrogen and oxygen atoms in total. The maximum absolute atomic E-state index is 12.7. The number of nitrogens with zero attached hydrogens (tertiary/aromatic N) is 1. The predicted molar refractivity (Wildman–Crippen MR) is 86.5 cm³/mol. The largest absolute Gasteiger partial charge is 0.418 e. The fourth-order valence-electron chi connectivity index (χ4n) is 3.60. The lowest BCUT2D eigenvalue weighted by Crippen LogP contribution is -2.50. The molecule has 4 heteroatoms. The normalized spacial score (nSPS) is 21.4. The van der Waals surface area contributed by atoms with Gasteiger partial charge < -0.3 is 9.64 Å². The summed E-state index contributed by atoms with van der Waals surface area (Å²) in [5.74, 6) is -0.422. The van der Waals surface area contributed by atoms with Crippen molar-refractivity contribution >= 4 is 12.1 Å². The van der Waals surface area contributed by atoms with Crippen LogP contribution in [0.1, 0.15) is 85.0 Å². The molecule has 126 valence electrons. The highest BCUT2D eigenvalue weighted by molar-refractivity contribution is 5.87. The molecule has 0 aromatic carbocycles. The fourth-order valence-corrected chi connectivity index (χ4v) is 3.60. The summed E-state index contributed by atoms with van der Waals surface area (Å²) in [6, 6.07) is 0.522. The van der Waals surface area contributed by atoms with Crippen molar-refractivity contribution in [2.75, 3.05) is 0 Å². The Balaban J connectivity index is 2.08. The van der Waals surface area contributed by atoms with Crippen LogP contribution in [0.4, 0.5) is 4.79 Å². The Bertz CT molecular complexity index is 370. The van der Waals surface area contributed by atoms with Crippen LogP contribution in [-0.4, -0.2) is 29.0 Å². The number of esters is 1. The van der Waals surface area contributed by atoms with E-state index in [0.29, 0.717) is 0 Å². The molecule has 2 aliphatic carbocycles. The lowest BCUT2D eigenvalue weighted by molar-refractivity contribution is -0.148. The van der Waals surface area contributed by atoms with Crippen LogP contribution >= 0.6 is 0 Å². The molecule has 0 aromatic rings. The van der Waals surface area contributed by atoms with Crippen molar-refractivity contribution in [1.82, 2.24) is 4.90 Å². The molecule has 0 saturated heterocycles. The summed E-state index contributed by atoms with van der Waals surface area (Å²) in [6.45, 7) is 5.36. The number of hydrogen-bond donors (Lipinski definition) is 0. The van der Waals surface area contributed by atoms with E-state index in [1.807, 2.05) is 4.90 Å². The Morgan fingerprint density at radius 1 is 0.818 bits per heavy atom. The van der Waals surface area contributed by atoms with E-state index in [-0.39, 0.29) is 12.1 Å². The molecular weight excluding hydrogens is 278 g/mol. The van der Waals surface area contributed by atoms with Crippen molar-refractivity contribution in [3.05, 3.63) is 0 Å². The van der Waals surface area contributed by atoms with Gasteiger partial charge in [0.25, 0.3) is 0 Å². The molecule has 2 fully saturated rings. The zero-order valence-corrected chi connectivity index (χ0v) is 14.4. The first-order chi connectivity index (χ1) is 10.4. The quantitative estimate of drug-likeness (QED) is 0.550. The molecular formula is C18H31NO3. The number of amides is 1. The topological polar surface area (TPSA) is 46.6 Å². The lowest BCUT2D eigenvalue weighted by atomic mass is 9.89. The van der Waals surface area contributed by atoms with Crippen LogP contribution in [0.25, 0.3) is 0 Å². The molecule has 2 rings (SSSR count). The SMILES string of the molecule is CC(C)(C)C(=O)OC(=O)N(C1CCCCC1)C1CCCCC1. The summed E-state index contributed by atoms with van der Waals surface area (Å²) in [6.07, 6.45) is 11.0. The maximum atomic E-state index is 12.7. The minimum Gasteiger partial charge on any atom is -0.376 e. The molecule has 0 aliphatic heterocycles. The van der Waals surface area contributed by atoms with Gasteiger partial charge in [0.05, 0.1) is 5.41 Å². The van der Waals surface area contributed by atoms with E-state index in [1.54, 1.807) is 20.8 Å². The van der Waals surface area contributed by atoms with Gasteiger partial charge in [0.15, 0.2) is 0 Å². The van der Waals surface area contributed by atoms with E-state index in [9.17, 15) is 9.59 Å². The van der Waals surface area contributed by atoms with E-state index in [2.05, 4.69) is 0 Å². The van der Waals surface area contributed by atoms with E-state index in [0.717, 1.165) is 25.7 Å². The smallest absolute Gasteiger partial charge is 0.376 e. The summed E-state index contributed by atoms with van der Waals surface area (Å²) in [7, 11) is 0. The van der Waals surface area contributed by atoms with Crippen molar-refractivity contribution in [3.8, 4) is 0 Å². The van der Waals surface area contributed by atoms with E-state index in [4.69, 9.17) is 4.74 Å². The first-order valence-corrected chi connectivity index (χ1v) is 8.94. The van der Waals surface area contributed by atoms with Crippen LogP contribution in [0, 0.1) is 5.41 Å². The standard InChI is InChI=1S/C18H31NO3/c1-18(2,3)16(20)22-17(21)19(14-10-6-4-7-11-14)15-12-8-5-9-13-15/h14-15H,4-13H2,1-3H3. The third-order valence-electron chi connectivity index (χ3n) is 4.94. The number of ether oxygens (including phenoxy) is 1. The van der Waals surface area contributed by atoms with Crippen LogP contribution in [0.5, 0.6) is 0 Å². The van der Waals surface area contributed by atoms with Gasteiger partial charge in [-0.05, 0) is 46.5 Å². The Kier molecular flexibility index (Phi) is 5.87. The monoisotopic (exact) mass is 309 g/mol. The van der Waals surface area contributed by atoms with Crippen LogP contribution in [0.3, 0.4) is 0 Å². The van der Waals surface area contributed by atoms with Crippen molar-refractivity contribution in [2.45, 2.75) is 97.1 Å². The Morgan fingerprint density at radius 2 is 1.23 bits per heavy atom. The minimum absolute atomic E-state index is 0.261. The molecule has 0 heterocycles. The van der Waals surface area contributed by atoms with Gasteiger partial charge in [0.2, 0.25) is 0 Å². The third kappa shape index (κ3) is 4.47. The third-order valence-corrected chi connectivity index (χ3v) is 4.94. The van der Waals surface area contributed by atoms with Gasteiger partial charge in [0.1, 0.15) is 0 Å². The Hall–Kier alpha value is -1.06. The zero-order valence-electron chi connectivity index (χ0n) is 14.4. The molecule has 2 aliphatic rings. The van der Waals surface area contributed by atoms with Crippen molar-refractivity contribution < 1.29 is 14.3 Å². The van der Waals surface area contributed by atoms with Gasteiger partial charge in [-0.3, -0.25) is 4.79 Å². The lowest BCUT2D eigenvalue weighted by Gasteiger charge is -2.40. The molecule has 0 bridgehead atoms. The summed E-state index contributed by atoms with van der Waals surface area (Å²) in [4.78, 5) is 26.7. The summed E-state index contributed by atoms with van der Waals surface area (Å²) < 4.78 is 5.23. The molecule has 0 spiro atoms. The first-order valence-electron chi connectivity index (χ1n) is 8.94. The molecule has 1 amide bonds. The first kappa shape index (κ1) is 17.3. The second kappa shape index (κ2) is 7.47. The molecule has 0 aromatic heterocycles. The highest BCUT2D eigenvalue weighted by Gasteiger charge is 2.36. The van der Waals surface area contributed by atoms with Crippen LogP contribution in [0.2, 0.25) is 0 Å². The summed E-state index contributed by atoms with van der Waals surface area (Å²) >= 11 is 0. The molecule has 0 N–H and O–H groups in total. The highest BCUT2D eigenvalue weighted by Crippen LogP contribution is 2.31. The van der Waals surface area contributed by atoms with Crippen LogP contribution in [0.15, 0.2) is 0 Å². The van der Waals surface area contributed by atoms with E-state index >= 15 is 0 Å². The van der Waals surface area contributed by atoms with Crippen LogP contribution in [-0.2, 0) is 9.53 Å². The van der Waals surface area contributed by atoms with Gasteiger partial charge in [-0.1, -0.05) is 38.5 Å². The average Bonchev–Trinajstić information content (AvgIpc) is 2.48. The van der Waals surface area contributed by atoms with Gasteiger partial charge in [0, 0.05) is 12.1 Å². The maximum Gasteiger partial charge on any atom is 0.418 e. The second-order valence-electron chi connectivity index (χ2n) is 7.90. The molecule has 0 atom stereocenters. The summed E-state index contributed by atoms with van der Waals surface area (Å²) in [5, 5.41) is 0. The van der Waals surface area contributed by atoms with Gasteiger partial charge in [-0.2, -0.15) is 0 Å². The zero-order chi connectivity index (χ0) is 16.2. The van der Waals surface area contributed by atoms with Gasteiger partial charge >= 0.3 is 12.1 Å². The number of carbonyl (C=O) groups excluding carboxylic acids is 2. The molecule has 0 radical (unpaired) electrons. The summed E-state index contributed by atoms with van der Waals surface area (Å²) in [5.41, 5.74) is -0.638. The van der Waals surface area contributed by atoms with Crippen LogP contribution < -0.4 is 0 Å². The Morgan fingerprint density at radius 3 is 1.59 bits per heavy atom. The molecule has 2 saturated carbocycles. The van der Waals surface area contributed by atoms with Gasteiger partial charge in [-0.25, -0.2) is 4.79 Å². The van der Waals surface area contributed by atoms with E-state index in [1.165, 1.54) is 38.5 Å². The number of rotatable bonds is 2. The number of carbonyl (C=O) groups is 2. The number of hydrogen-bond acceptors (Lipinski definition) is 3. The van der Waals surface area contributed by atoms with Crippen molar-refractivity contribution in [2.24, 2.45) is 5.41 Å². The fraction of sp³-hybridized carbons (Fsp3) is 0.889.